The van der Waals surface area contributed by atoms with E-state index in [0.717, 1.165) is 31.2 Å². The van der Waals surface area contributed by atoms with Gasteiger partial charge in [-0.3, -0.25) is 0 Å². The van der Waals surface area contributed by atoms with E-state index < -0.39 is 5.60 Å². The van der Waals surface area contributed by atoms with Crippen LogP contribution in [0.25, 0.3) is 0 Å². The molecule has 1 aliphatic heterocycles. The summed E-state index contributed by atoms with van der Waals surface area (Å²) in [6, 6.07) is 9.72. The largest absolute Gasteiger partial charge is 0.445 e. The molecule has 1 saturated heterocycles. The van der Waals surface area contributed by atoms with Gasteiger partial charge in [0, 0.05) is 36.6 Å². The van der Waals surface area contributed by atoms with Gasteiger partial charge in [0.05, 0.1) is 5.54 Å². The molecule has 0 radical (unpaired) electrons. The van der Waals surface area contributed by atoms with E-state index >= 15 is 0 Å². The predicted molar refractivity (Wildman–Crippen MR) is 125 cm³/mol. The monoisotopic (exact) mass is 458 g/mol. The van der Waals surface area contributed by atoms with Crippen molar-refractivity contribution in [1.29, 1.82) is 0 Å². The molecule has 3 fully saturated rings. The van der Waals surface area contributed by atoms with Crippen LogP contribution in [0.3, 0.4) is 0 Å². The number of nitrogens with zero attached hydrogens (tertiary/aromatic N) is 2. The first-order chi connectivity index (χ1) is 15.5. The molecule has 33 heavy (non-hydrogen) atoms. The van der Waals surface area contributed by atoms with Gasteiger partial charge in [-0.05, 0) is 65.9 Å². The lowest BCUT2D eigenvalue weighted by Gasteiger charge is -2.43. The summed E-state index contributed by atoms with van der Waals surface area (Å²) < 4.78 is 11.4. The van der Waals surface area contributed by atoms with Crippen molar-refractivity contribution in [3.63, 3.8) is 0 Å². The van der Waals surface area contributed by atoms with Crippen LogP contribution in [-0.4, -0.2) is 63.5 Å². The second-order valence-electron chi connectivity index (χ2n) is 11.4. The molecular weight excluding hydrogens is 420 g/mol. The van der Waals surface area contributed by atoms with Crippen molar-refractivity contribution < 1.29 is 24.2 Å². The number of carbonyl (C=O) groups excluding carboxylic acids is 2. The first-order valence-corrected chi connectivity index (χ1v) is 12.1. The van der Waals surface area contributed by atoms with Gasteiger partial charge in [0.1, 0.15) is 12.2 Å². The zero-order valence-corrected chi connectivity index (χ0v) is 20.5. The van der Waals surface area contributed by atoms with Gasteiger partial charge in [0.15, 0.2) is 0 Å². The number of rotatable bonds is 5. The summed E-state index contributed by atoms with van der Waals surface area (Å²) in [5.41, 5.74) is -0.0625. The van der Waals surface area contributed by atoms with E-state index in [-0.39, 0.29) is 54.4 Å². The minimum Gasteiger partial charge on any atom is -0.445 e. The molecule has 2 amide bonds. The Bertz CT molecular complexity index is 882. The molecule has 1 N–H and O–H groups in total. The molecular formula is C26H38N2O5. The minimum absolute atomic E-state index is 0.00497. The van der Waals surface area contributed by atoms with Gasteiger partial charge in [-0.15, -0.1) is 0 Å². The summed E-state index contributed by atoms with van der Waals surface area (Å²) >= 11 is 0. The summed E-state index contributed by atoms with van der Waals surface area (Å²) in [5, 5.41) is 9.79. The summed E-state index contributed by atoms with van der Waals surface area (Å²) in [7, 11) is 0. The van der Waals surface area contributed by atoms with Crippen molar-refractivity contribution in [1.82, 2.24) is 9.80 Å². The van der Waals surface area contributed by atoms with Crippen LogP contribution in [0.4, 0.5) is 9.59 Å². The molecule has 0 bridgehead atoms. The van der Waals surface area contributed by atoms with Crippen LogP contribution < -0.4 is 0 Å². The smallest absolute Gasteiger partial charge is 0.410 e. The molecule has 3 unspecified atom stereocenters. The van der Waals surface area contributed by atoms with Crippen LogP contribution in [0.5, 0.6) is 0 Å². The van der Waals surface area contributed by atoms with E-state index in [1.165, 1.54) is 0 Å². The van der Waals surface area contributed by atoms with Crippen LogP contribution >= 0.6 is 0 Å². The predicted octanol–water partition coefficient (Wildman–Crippen LogP) is 4.57. The highest BCUT2D eigenvalue weighted by atomic mass is 16.6. The number of amides is 2. The maximum atomic E-state index is 13.2. The Labute approximate surface area is 197 Å². The van der Waals surface area contributed by atoms with E-state index in [9.17, 15) is 14.7 Å². The van der Waals surface area contributed by atoms with Gasteiger partial charge in [0.25, 0.3) is 0 Å². The second-order valence-corrected chi connectivity index (χ2v) is 11.4. The lowest BCUT2D eigenvalue weighted by Crippen LogP contribution is -2.54. The Morgan fingerprint density at radius 3 is 2.45 bits per heavy atom. The third kappa shape index (κ3) is 4.70. The molecule has 2 saturated carbocycles. The minimum atomic E-state index is -0.583. The van der Waals surface area contributed by atoms with E-state index in [2.05, 4.69) is 0 Å². The molecule has 2 spiro atoms. The van der Waals surface area contributed by atoms with Crippen LogP contribution in [0.2, 0.25) is 0 Å². The zero-order valence-electron chi connectivity index (χ0n) is 20.5. The highest BCUT2D eigenvalue weighted by Gasteiger charge is 2.70. The number of likely N-dealkylation sites (tertiary alicyclic amines) is 1. The second kappa shape index (κ2) is 8.49. The number of benzene rings is 1. The number of carbonyl (C=O) groups is 2. The number of aliphatic hydroxyl groups excluding tert-OH is 1. The summed E-state index contributed by atoms with van der Waals surface area (Å²) in [6.45, 7) is 10.5. The van der Waals surface area contributed by atoms with E-state index in [0.29, 0.717) is 6.54 Å². The number of aliphatic hydroxyl groups is 1. The quantitative estimate of drug-likeness (QED) is 0.699. The molecule has 1 heterocycles. The molecule has 1 aromatic carbocycles. The van der Waals surface area contributed by atoms with Crippen molar-refractivity contribution in [3.8, 4) is 0 Å². The van der Waals surface area contributed by atoms with Gasteiger partial charge >= 0.3 is 12.2 Å². The van der Waals surface area contributed by atoms with Gasteiger partial charge in [-0.25, -0.2) is 9.59 Å². The average Bonchev–Trinajstić information content (AvgIpc) is 3.63. The lowest BCUT2D eigenvalue weighted by molar-refractivity contribution is -0.0134. The maximum Gasteiger partial charge on any atom is 0.410 e. The number of piperidine rings is 1. The zero-order chi connectivity index (χ0) is 24.0. The Kier molecular flexibility index (Phi) is 6.14. The molecule has 2 aliphatic carbocycles. The van der Waals surface area contributed by atoms with Crippen molar-refractivity contribution >= 4 is 12.2 Å². The molecule has 7 heteroatoms. The Hall–Kier alpha value is -2.28. The van der Waals surface area contributed by atoms with E-state index in [1.807, 2.05) is 74.8 Å². The lowest BCUT2D eigenvalue weighted by atomic mass is 9.86. The van der Waals surface area contributed by atoms with Gasteiger partial charge < -0.3 is 24.4 Å². The van der Waals surface area contributed by atoms with Crippen LogP contribution in [0, 0.1) is 11.3 Å². The molecule has 3 aliphatic rings. The molecule has 4 atom stereocenters. The van der Waals surface area contributed by atoms with Gasteiger partial charge in [-0.1, -0.05) is 30.3 Å². The standard InChI is InChI=1S/C26H38N2O5/c1-18(2)28(23(31)32-16-19-9-7-6-8-10-19)21-14-25(21)11-12-26(13-20(26)15-29)27(17-25)22(30)33-24(3,4)5/h6-10,18,20-21,29H,11-17H2,1-5H3/t20-,21?,25?,26?/m0/s1. The molecule has 4 rings (SSSR count). The number of ether oxygens (including phenoxy) is 2. The number of hydrogen-bond acceptors (Lipinski definition) is 5. The fourth-order valence-corrected chi connectivity index (χ4v) is 5.60. The van der Waals surface area contributed by atoms with Crippen LogP contribution in [0.15, 0.2) is 30.3 Å². The fourth-order valence-electron chi connectivity index (χ4n) is 5.60. The van der Waals surface area contributed by atoms with Crippen molar-refractivity contribution in [2.24, 2.45) is 11.3 Å². The molecule has 0 aromatic heterocycles. The van der Waals surface area contributed by atoms with Crippen LogP contribution in [-0.2, 0) is 16.1 Å². The van der Waals surface area contributed by atoms with E-state index in [4.69, 9.17) is 9.47 Å². The Morgan fingerprint density at radius 2 is 1.88 bits per heavy atom. The Morgan fingerprint density at radius 1 is 1.18 bits per heavy atom. The first kappa shape index (κ1) is 23.9. The van der Waals surface area contributed by atoms with Crippen molar-refractivity contribution in [2.75, 3.05) is 13.2 Å². The summed E-state index contributed by atoms with van der Waals surface area (Å²) in [6.07, 6.45) is 2.81. The summed E-state index contributed by atoms with van der Waals surface area (Å²) in [4.78, 5) is 30.0. The van der Waals surface area contributed by atoms with Crippen molar-refractivity contribution in [2.45, 2.75) is 90.1 Å². The Balaban J connectivity index is 1.47. The van der Waals surface area contributed by atoms with Crippen LogP contribution in [0.1, 0.15) is 65.9 Å². The highest BCUT2D eigenvalue weighted by molar-refractivity contribution is 5.72. The SMILES string of the molecule is CC(C)N(C(=O)OCc1ccccc1)C1CC12CCC1(C[C@H]1CO)N(C(=O)OC(C)(C)C)C2. The highest BCUT2D eigenvalue weighted by Crippen LogP contribution is 2.64. The fraction of sp³-hybridized carbons (Fsp3) is 0.692. The van der Waals surface area contributed by atoms with Gasteiger partial charge in [-0.2, -0.15) is 0 Å². The molecule has 1 aromatic rings. The topological polar surface area (TPSA) is 79.3 Å². The number of hydrogen-bond donors (Lipinski definition) is 1. The third-order valence-electron chi connectivity index (χ3n) is 7.56. The van der Waals surface area contributed by atoms with E-state index in [1.54, 1.807) is 0 Å². The summed E-state index contributed by atoms with van der Waals surface area (Å²) in [5.74, 6) is 0.108. The van der Waals surface area contributed by atoms with Gasteiger partial charge in [0.2, 0.25) is 0 Å². The van der Waals surface area contributed by atoms with Crippen molar-refractivity contribution in [3.05, 3.63) is 35.9 Å². The third-order valence-corrected chi connectivity index (χ3v) is 7.56. The first-order valence-electron chi connectivity index (χ1n) is 12.1. The molecule has 7 nitrogen and oxygen atoms in total. The normalized spacial score (nSPS) is 30.5. The average molecular weight is 459 g/mol. The molecule has 182 valence electrons. The maximum absolute atomic E-state index is 13.2.